The lowest BCUT2D eigenvalue weighted by Gasteiger charge is -2.47. The molecule has 0 aliphatic carbocycles. The second-order valence-corrected chi connectivity index (χ2v) is 11.5. The molecule has 4 amide bonds. The molecule has 9 nitrogen and oxygen atoms in total. The number of hydrogen-bond acceptors (Lipinski definition) is 6. The first-order chi connectivity index (χ1) is 19.8. The highest BCUT2D eigenvalue weighted by molar-refractivity contribution is 6.30. The van der Waals surface area contributed by atoms with Gasteiger partial charge in [0.15, 0.2) is 0 Å². The topological polar surface area (TPSA) is 101 Å². The van der Waals surface area contributed by atoms with E-state index in [0.29, 0.717) is 37.7 Å². The van der Waals surface area contributed by atoms with Crippen molar-refractivity contribution in [3.63, 3.8) is 0 Å². The highest BCUT2D eigenvalue weighted by atomic mass is 16.5. The number of benzene rings is 2. The minimum atomic E-state index is -1.52. The Labute approximate surface area is 238 Å². The van der Waals surface area contributed by atoms with Gasteiger partial charge >= 0.3 is 6.03 Å². The van der Waals surface area contributed by atoms with Crippen molar-refractivity contribution in [2.45, 2.75) is 39.2 Å². The molecule has 3 aliphatic rings. The van der Waals surface area contributed by atoms with Crippen molar-refractivity contribution < 1.29 is 19.1 Å². The van der Waals surface area contributed by atoms with Crippen LogP contribution < -0.4 is 20.5 Å². The number of carbonyl (C=O) groups excluding carboxylic acids is 3. The minimum absolute atomic E-state index is 0.00726. The minimum Gasteiger partial charge on any atom is -0.494 e. The lowest BCUT2D eigenvalue weighted by molar-refractivity contribution is -0.144. The van der Waals surface area contributed by atoms with Gasteiger partial charge in [-0.3, -0.25) is 19.7 Å². The number of ether oxygens (including phenoxy) is 1. The molecule has 1 aromatic heterocycles. The van der Waals surface area contributed by atoms with Gasteiger partial charge in [-0.15, -0.1) is 0 Å². The van der Waals surface area contributed by atoms with Gasteiger partial charge in [-0.2, -0.15) is 0 Å². The maximum Gasteiger partial charge on any atom is 0.335 e. The van der Waals surface area contributed by atoms with Gasteiger partial charge in [-0.05, 0) is 68.5 Å². The van der Waals surface area contributed by atoms with E-state index in [1.807, 2.05) is 48.7 Å². The van der Waals surface area contributed by atoms with Crippen molar-refractivity contribution >= 4 is 23.5 Å². The molecule has 9 heteroatoms. The zero-order valence-corrected chi connectivity index (χ0v) is 23.3. The Kier molecular flexibility index (Phi) is 6.99. The second-order valence-electron chi connectivity index (χ2n) is 11.5. The number of pyridine rings is 1. The number of rotatable bonds is 7. The summed E-state index contributed by atoms with van der Waals surface area (Å²) in [5.41, 5.74) is 1.77. The van der Waals surface area contributed by atoms with Crippen LogP contribution in [0.3, 0.4) is 0 Å². The van der Waals surface area contributed by atoms with E-state index >= 15 is 0 Å². The molecule has 2 aromatic carbocycles. The van der Waals surface area contributed by atoms with Crippen LogP contribution in [0.25, 0.3) is 0 Å². The van der Waals surface area contributed by atoms with Crippen molar-refractivity contribution in [3.05, 3.63) is 93.9 Å². The number of urea groups is 1. The van der Waals surface area contributed by atoms with Gasteiger partial charge in [0.25, 0.3) is 11.5 Å². The van der Waals surface area contributed by atoms with Crippen molar-refractivity contribution in [3.8, 4) is 5.75 Å². The van der Waals surface area contributed by atoms with Crippen molar-refractivity contribution in [1.82, 2.24) is 14.8 Å². The summed E-state index contributed by atoms with van der Waals surface area (Å²) < 4.78 is 7.40. The molecule has 2 fully saturated rings. The molecule has 2 unspecified atom stereocenters. The first kappa shape index (κ1) is 27.0. The van der Waals surface area contributed by atoms with Crippen LogP contribution in [0.15, 0.2) is 71.5 Å². The lowest BCUT2D eigenvalue weighted by atomic mass is 9.75. The average Bonchev–Trinajstić information content (AvgIpc) is 2.95. The van der Waals surface area contributed by atoms with Crippen LogP contribution in [-0.4, -0.2) is 53.6 Å². The number of carbonyl (C=O) groups is 3. The summed E-state index contributed by atoms with van der Waals surface area (Å²) in [6.07, 6.45) is 1.11. The Hall–Kier alpha value is -4.24. The van der Waals surface area contributed by atoms with E-state index in [2.05, 4.69) is 10.2 Å². The van der Waals surface area contributed by atoms with Crippen LogP contribution in [0.2, 0.25) is 0 Å². The molecule has 0 saturated carbocycles. The van der Waals surface area contributed by atoms with E-state index in [1.165, 1.54) is 0 Å². The van der Waals surface area contributed by atoms with Gasteiger partial charge in [-0.1, -0.05) is 35.9 Å². The molecular formula is C32H34N4O5. The Morgan fingerprint density at radius 3 is 2.41 bits per heavy atom. The number of hydrogen-bond donors (Lipinski definition) is 1. The van der Waals surface area contributed by atoms with Gasteiger partial charge < -0.3 is 14.2 Å². The summed E-state index contributed by atoms with van der Waals surface area (Å²) >= 11 is 0. The van der Waals surface area contributed by atoms with Crippen LogP contribution in [0, 0.1) is 18.3 Å². The van der Waals surface area contributed by atoms with Crippen molar-refractivity contribution in [1.29, 1.82) is 0 Å². The number of aryl methyl sites for hydroxylation is 1. The molecule has 1 N–H and O–H groups in total. The van der Waals surface area contributed by atoms with Gasteiger partial charge in [0, 0.05) is 43.9 Å². The Balaban J connectivity index is 1.36. The third kappa shape index (κ3) is 4.95. The van der Waals surface area contributed by atoms with Gasteiger partial charge in [0.05, 0.1) is 12.3 Å². The van der Waals surface area contributed by atoms with Crippen LogP contribution in [0.1, 0.15) is 36.1 Å². The molecular weight excluding hydrogens is 520 g/mol. The standard InChI is InChI=1S/C32H34N4O5/c1-3-41-26-13-11-25(12-14-26)36-30(39)32(29(38)33-31(36)40,16-22-9-7-21(2)8-10-22)20-34-17-23-15-24(19-34)27-5-4-6-28(37)35(27)18-23/h4-14,23-24H,3,15-20H2,1-2H3,(H,33,38,40)/t23?,24-,32?/m1/s1. The molecule has 2 saturated heterocycles. The van der Waals surface area contributed by atoms with Gasteiger partial charge in [0.2, 0.25) is 5.91 Å². The number of amides is 4. The van der Waals surface area contributed by atoms with E-state index in [9.17, 15) is 19.2 Å². The number of anilines is 1. The van der Waals surface area contributed by atoms with E-state index in [-0.39, 0.29) is 30.4 Å². The van der Waals surface area contributed by atoms with E-state index in [4.69, 9.17) is 4.74 Å². The SMILES string of the molecule is CCOc1ccc(N2C(=O)NC(=O)C(Cc3ccc(C)cc3)(CN3CC4C[C@H](C3)c3cccc(=O)n3C4)C2=O)cc1. The number of imide groups is 2. The lowest BCUT2D eigenvalue weighted by Crippen LogP contribution is -2.68. The van der Waals surface area contributed by atoms with Crippen LogP contribution >= 0.6 is 0 Å². The van der Waals surface area contributed by atoms with E-state index in [0.717, 1.165) is 28.1 Å². The summed E-state index contributed by atoms with van der Waals surface area (Å²) in [4.78, 5) is 57.2. The predicted molar refractivity (Wildman–Crippen MR) is 154 cm³/mol. The van der Waals surface area contributed by atoms with E-state index in [1.54, 1.807) is 36.4 Å². The van der Waals surface area contributed by atoms with Crippen molar-refractivity contribution in [2.24, 2.45) is 11.3 Å². The van der Waals surface area contributed by atoms with E-state index < -0.39 is 23.3 Å². The monoisotopic (exact) mass is 554 g/mol. The number of barbiturate groups is 1. The Morgan fingerprint density at radius 1 is 0.927 bits per heavy atom. The molecule has 3 aromatic rings. The Bertz CT molecular complexity index is 1550. The molecule has 0 spiro atoms. The molecule has 41 heavy (non-hydrogen) atoms. The Morgan fingerprint density at radius 2 is 1.68 bits per heavy atom. The average molecular weight is 555 g/mol. The first-order valence-corrected chi connectivity index (χ1v) is 14.2. The molecule has 3 aliphatic heterocycles. The number of fused-ring (bicyclic) bond motifs is 4. The third-order valence-electron chi connectivity index (χ3n) is 8.55. The van der Waals surface area contributed by atoms with Gasteiger partial charge in [0.1, 0.15) is 11.2 Å². The maximum absolute atomic E-state index is 14.5. The molecule has 2 bridgehead atoms. The highest BCUT2D eigenvalue weighted by Crippen LogP contribution is 2.39. The fourth-order valence-electron chi connectivity index (χ4n) is 6.68. The number of likely N-dealkylation sites (tertiary alicyclic amines) is 1. The van der Waals surface area contributed by atoms with Crippen molar-refractivity contribution in [2.75, 3.05) is 31.1 Å². The summed E-state index contributed by atoms with van der Waals surface area (Å²) in [6, 6.07) is 19.2. The zero-order chi connectivity index (χ0) is 28.7. The van der Waals surface area contributed by atoms with Crippen LogP contribution in [0.4, 0.5) is 10.5 Å². The normalized spacial score (nSPS) is 24.1. The van der Waals surface area contributed by atoms with Crippen LogP contribution in [-0.2, 0) is 22.6 Å². The molecule has 6 rings (SSSR count). The zero-order valence-electron chi connectivity index (χ0n) is 23.3. The number of nitrogens with zero attached hydrogens (tertiary/aromatic N) is 3. The van der Waals surface area contributed by atoms with Gasteiger partial charge in [-0.25, -0.2) is 9.69 Å². The summed E-state index contributed by atoms with van der Waals surface area (Å²) in [6.45, 7) is 6.41. The predicted octanol–water partition coefficient (Wildman–Crippen LogP) is 3.49. The maximum atomic E-state index is 14.5. The highest BCUT2D eigenvalue weighted by Gasteiger charge is 2.55. The summed E-state index contributed by atoms with van der Waals surface area (Å²) in [5.74, 6) is -0.143. The summed E-state index contributed by atoms with van der Waals surface area (Å²) in [5, 5.41) is 2.51. The number of aromatic nitrogens is 1. The molecule has 212 valence electrons. The number of piperidine rings is 1. The fraction of sp³-hybridized carbons (Fsp3) is 0.375. The number of nitrogens with one attached hydrogen (secondary N) is 1. The summed E-state index contributed by atoms with van der Waals surface area (Å²) in [7, 11) is 0. The molecule has 3 atom stereocenters. The molecule has 0 radical (unpaired) electrons. The second kappa shape index (κ2) is 10.6. The third-order valence-corrected chi connectivity index (χ3v) is 8.55. The smallest absolute Gasteiger partial charge is 0.335 e. The largest absolute Gasteiger partial charge is 0.494 e. The first-order valence-electron chi connectivity index (χ1n) is 14.2. The fourth-order valence-corrected chi connectivity index (χ4v) is 6.68. The quantitative estimate of drug-likeness (QED) is 0.449. The molecule has 4 heterocycles. The van der Waals surface area contributed by atoms with Crippen LogP contribution in [0.5, 0.6) is 5.75 Å².